The molecule has 0 unspecified atom stereocenters. The number of Topliss-reactive ketones (excluding diaryl/α,β-unsaturated/α-hetero) is 1. The molecule has 0 N–H and O–H groups in total. The van der Waals surface area contributed by atoms with Crippen molar-refractivity contribution in [2.24, 2.45) is 0 Å². The van der Waals surface area contributed by atoms with Crippen molar-refractivity contribution in [3.8, 4) is 0 Å². The van der Waals surface area contributed by atoms with Crippen molar-refractivity contribution in [3.05, 3.63) is 66.1 Å². The maximum absolute atomic E-state index is 13.0. The molecule has 1 fully saturated rings. The van der Waals surface area contributed by atoms with E-state index in [1.807, 2.05) is 35.2 Å². The number of carbonyl (C=O) groups is 2. The van der Waals surface area contributed by atoms with Gasteiger partial charge >= 0.3 is 188 Å². The van der Waals surface area contributed by atoms with Crippen LogP contribution in [0.5, 0.6) is 0 Å². The zero-order valence-corrected chi connectivity index (χ0v) is 21.9. The van der Waals surface area contributed by atoms with E-state index in [1.165, 1.54) is 17.2 Å². The van der Waals surface area contributed by atoms with Crippen molar-refractivity contribution in [2.45, 2.75) is 6.42 Å². The number of amides is 1. The van der Waals surface area contributed by atoms with Crippen molar-refractivity contribution in [1.29, 1.82) is 0 Å². The van der Waals surface area contributed by atoms with Crippen LogP contribution < -0.4 is 21.2 Å². The average molecular weight is 645 g/mol. The summed E-state index contributed by atoms with van der Waals surface area (Å²) >= 11 is 3.84. The summed E-state index contributed by atoms with van der Waals surface area (Å²) in [4.78, 5) is 33.0. The van der Waals surface area contributed by atoms with Crippen LogP contribution in [0.15, 0.2) is 48.5 Å². The van der Waals surface area contributed by atoms with E-state index in [4.69, 9.17) is 0 Å². The summed E-state index contributed by atoms with van der Waals surface area (Å²) in [7, 11) is 0. The van der Waals surface area contributed by atoms with E-state index in [0.717, 1.165) is 43.2 Å². The molecule has 3 aromatic rings. The van der Waals surface area contributed by atoms with E-state index in [-0.39, 0.29) is 32.9 Å². The van der Waals surface area contributed by atoms with Gasteiger partial charge in [-0.25, -0.2) is 0 Å². The van der Waals surface area contributed by atoms with Gasteiger partial charge in [0.2, 0.25) is 0 Å². The van der Waals surface area contributed by atoms with Gasteiger partial charge in [-0.3, -0.25) is 0 Å². The van der Waals surface area contributed by atoms with Crippen LogP contribution in [-0.2, 0) is 0 Å². The Balaban J connectivity index is 1.34. The number of thiophene rings is 1. The molecule has 0 aliphatic carbocycles. The van der Waals surface area contributed by atoms with Crippen LogP contribution in [0, 0.1) is 7.14 Å². The molecule has 1 aromatic heterocycles. The molecule has 0 atom stereocenters. The van der Waals surface area contributed by atoms with Crippen molar-refractivity contribution in [2.75, 3.05) is 37.7 Å². The van der Waals surface area contributed by atoms with Gasteiger partial charge in [0.15, 0.2) is 0 Å². The molecule has 0 spiro atoms. The molecule has 4 nitrogen and oxygen atoms in total. The summed E-state index contributed by atoms with van der Waals surface area (Å²) in [6.07, 6.45) is 0.549. The number of piperazine rings is 1. The summed E-state index contributed by atoms with van der Waals surface area (Å²) in [6.45, 7) is 3.84. The Hall–Kier alpha value is -1.04. The number of fused-ring (bicyclic) bond motifs is 1. The van der Waals surface area contributed by atoms with Crippen LogP contribution in [0.3, 0.4) is 0 Å². The average Bonchev–Trinajstić information content (AvgIpc) is 3.15. The Morgan fingerprint density at radius 1 is 1.07 bits per heavy atom. The molecular weight excluding hydrogens is 622 g/mol. The maximum atomic E-state index is 13.0. The van der Waals surface area contributed by atoms with E-state index >= 15 is 0 Å². The van der Waals surface area contributed by atoms with Crippen LogP contribution in [0.25, 0.3) is 10.1 Å². The Labute approximate surface area is 205 Å². The van der Waals surface area contributed by atoms with Gasteiger partial charge in [-0.05, 0) is 0 Å². The molecule has 1 amide bonds. The van der Waals surface area contributed by atoms with Gasteiger partial charge in [0.05, 0.1) is 0 Å². The van der Waals surface area contributed by atoms with Gasteiger partial charge < -0.3 is 0 Å². The third-order valence-electron chi connectivity index (χ3n) is 5.37. The van der Waals surface area contributed by atoms with Crippen molar-refractivity contribution in [1.82, 2.24) is 9.80 Å². The van der Waals surface area contributed by atoms with Gasteiger partial charge in [0, 0.05) is 0 Å². The van der Waals surface area contributed by atoms with Crippen molar-refractivity contribution < 1.29 is 30.8 Å². The van der Waals surface area contributed by atoms with Crippen molar-refractivity contribution in [3.63, 3.8) is 0 Å². The predicted molar refractivity (Wildman–Crippen MR) is 127 cm³/mol. The Morgan fingerprint density at radius 2 is 1.80 bits per heavy atom. The van der Waals surface area contributed by atoms with Gasteiger partial charge in [-0.15, -0.1) is 0 Å². The van der Waals surface area contributed by atoms with E-state index in [1.54, 1.807) is 11.3 Å². The number of hydrogen-bond donors (Lipinski definition) is 0. The molecule has 4 rings (SSSR count). The number of alkyl halides is 1. The molecule has 2 heterocycles. The van der Waals surface area contributed by atoms with Crippen LogP contribution in [0.2, 0.25) is 0 Å². The number of ketones is 1. The molecule has 30 heavy (non-hydrogen) atoms. The molecule has 1 saturated heterocycles. The van der Waals surface area contributed by atoms with E-state index in [0.29, 0.717) is 6.42 Å². The fraction of sp³-hybridized carbons (Fsp3) is 0.304. The molecule has 7 heteroatoms. The number of hydrogen-bond acceptors (Lipinski definition) is 4. The molecule has 2 aromatic carbocycles. The van der Waals surface area contributed by atoms with E-state index in [9.17, 15) is 9.59 Å². The monoisotopic (exact) mass is 645 g/mol. The van der Waals surface area contributed by atoms with Gasteiger partial charge in [-0.2, -0.15) is 0 Å². The Kier molecular flexibility index (Phi) is 7.43. The topological polar surface area (TPSA) is 40.6 Å². The zero-order valence-electron chi connectivity index (χ0n) is 16.7. The quantitative estimate of drug-likeness (QED) is 0.232. The third kappa shape index (κ3) is 4.89. The summed E-state index contributed by atoms with van der Waals surface area (Å²) in [6, 6.07) is 15.9. The SMILES string of the molecule is C[I-]c1c(C(=O)CCN2CCN(C(=O)c3ccccc3)CC2)sc2ccc(I)cc12. The normalized spacial score (nSPS) is 15.1. The Bertz CT molecular complexity index is 1060. The first-order valence-corrected chi connectivity index (χ1v) is 15.0. The van der Waals surface area contributed by atoms with Crippen LogP contribution in [-0.4, -0.2) is 59.1 Å². The number of nitrogens with zero attached hydrogens (tertiary/aromatic N) is 2. The molecule has 158 valence electrons. The predicted octanol–water partition coefficient (Wildman–Crippen LogP) is 1.43. The first-order valence-electron chi connectivity index (χ1n) is 9.88. The summed E-state index contributed by atoms with van der Waals surface area (Å²) in [5.74, 6) is 0.369. The van der Waals surface area contributed by atoms with Gasteiger partial charge in [-0.1, -0.05) is 18.2 Å². The first kappa shape index (κ1) is 22.2. The van der Waals surface area contributed by atoms with Crippen LogP contribution in [0.4, 0.5) is 0 Å². The van der Waals surface area contributed by atoms with Gasteiger partial charge in [0.1, 0.15) is 0 Å². The summed E-state index contributed by atoms with van der Waals surface area (Å²) in [5, 5.41) is 1.28. The zero-order chi connectivity index (χ0) is 21.1. The molecule has 0 bridgehead atoms. The molecule has 1 aliphatic rings. The van der Waals surface area contributed by atoms with E-state index < -0.39 is 0 Å². The molecule has 0 radical (unpaired) electrons. The fourth-order valence-electron chi connectivity index (χ4n) is 3.72. The number of halogens is 2. The minimum atomic E-state index is -0.158. The second-order valence-corrected chi connectivity index (χ2v) is 11.7. The Morgan fingerprint density at radius 3 is 2.50 bits per heavy atom. The van der Waals surface area contributed by atoms with Crippen molar-refractivity contribution >= 4 is 55.7 Å². The van der Waals surface area contributed by atoms with Crippen LogP contribution in [0.1, 0.15) is 26.5 Å². The number of carbonyl (C=O) groups excluding carboxylic acids is 2. The summed E-state index contributed by atoms with van der Waals surface area (Å²) in [5.41, 5.74) is 0.746. The first-order chi connectivity index (χ1) is 14.6. The molecule has 1 aliphatic heterocycles. The molecule has 0 saturated carbocycles. The second-order valence-electron chi connectivity index (χ2n) is 7.25. The number of benzene rings is 2. The van der Waals surface area contributed by atoms with E-state index in [2.05, 4.69) is 50.6 Å². The third-order valence-corrected chi connectivity index (χ3v) is 9.82. The standard InChI is InChI=1S/C23H23I2N2O2S/c1-25-21-18-15-17(24)7-8-20(18)30-22(21)19(28)9-10-26-11-13-27(14-12-26)23(29)16-5-3-2-4-6-16/h2-8,15H,9-14H2,1H3/q-1. The molecular formula is C23H23I2N2O2S-. The second kappa shape index (κ2) is 10.1. The summed E-state index contributed by atoms with van der Waals surface area (Å²) < 4.78 is 3.75. The van der Waals surface area contributed by atoms with Crippen LogP contribution >= 0.6 is 33.9 Å². The van der Waals surface area contributed by atoms with Gasteiger partial charge in [0.25, 0.3) is 0 Å². The number of rotatable bonds is 6. The fourth-order valence-corrected chi connectivity index (χ4v) is 8.10. The minimum absolute atomic E-state index is 0.0998.